The number of anilines is 1. The third-order valence-electron chi connectivity index (χ3n) is 3.20. The van der Waals surface area contributed by atoms with Gasteiger partial charge in [0.15, 0.2) is 0 Å². The predicted octanol–water partition coefficient (Wildman–Crippen LogP) is 2.68. The average molecular weight is 338 g/mol. The van der Waals surface area contributed by atoms with Crippen molar-refractivity contribution in [3.63, 3.8) is 0 Å². The number of nitrogens with zero attached hydrogens (tertiary/aromatic N) is 4. The monoisotopic (exact) mass is 337 g/mol. The zero-order valence-electron chi connectivity index (χ0n) is 11.8. The maximum Gasteiger partial charge on any atom is 0.276 e. The number of imidazole rings is 1. The quantitative estimate of drug-likeness (QED) is 0.916. The van der Waals surface area contributed by atoms with Gasteiger partial charge < -0.3 is 9.88 Å². The minimum absolute atomic E-state index is 0.268. The van der Waals surface area contributed by atoms with E-state index in [0.29, 0.717) is 34.5 Å². The molecule has 0 aliphatic carbocycles. The number of aryl methyl sites for hydroxylation is 1. The molecule has 1 aliphatic rings. The highest BCUT2D eigenvalue weighted by molar-refractivity contribution is 6.42. The van der Waals surface area contributed by atoms with Crippen molar-refractivity contribution < 1.29 is 4.79 Å². The smallest absolute Gasteiger partial charge is 0.276 e. The number of benzene rings is 1. The molecule has 0 fully saturated rings. The number of amides is 1. The summed E-state index contributed by atoms with van der Waals surface area (Å²) in [4.78, 5) is 16.0. The van der Waals surface area contributed by atoms with Crippen LogP contribution in [0.15, 0.2) is 35.8 Å². The Morgan fingerprint density at radius 1 is 1.32 bits per heavy atom. The van der Waals surface area contributed by atoms with Crippen molar-refractivity contribution in [2.75, 3.05) is 11.6 Å². The maximum absolute atomic E-state index is 12.0. The van der Waals surface area contributed by atoms with Crippen LogP contribution in [-0.2, 0) is 7.05 Å². The van der Waals surface area contributed by atoms with Gasteiger partial charge in [0.2, 0.25) is 0 Å². The topological polar surface area (TPSA) is 62.5 Å². The summed E-state index contributed by atoms with van der Waals surface area (Å²) in [5.41, 5.74) is 1.19. The molecule has 0 unspecified atom stereocenters. The van der Waals surface area contributed by atoms with Crippen LogP contribution in [0.1, 0.15) is 16.9 Å². The number of hydrogen-bond acceptors (Lipinski definition) is 4. The Balaban J connectivity index is 1.71. The molecule has 0 spiro atoms. The molecule has 6 nitrogen and oxygen atoms in total. The summed E-state index contributed by atoms with van der Waals surface area (Å²) in [7, 11) is 1.81. The van der Waals surface area contributed by atoms with Crippen LogP contribution in [0.25, 0.3) is 0 Å². The molecule has 1 aliphatic heterocycles. The molecule has 0 saturated carbocycles. The van der Waals surface area contributed by atoms with Gasteiger partial charge in [0.05, 0.1) is 22.1 Å². The fourth-order valence-electron chi connectivity index (χ4n) is 2.10. The molecule has 0 atom stereocenters. The van der Waals surface area contributed by atoms with Gasteiger partial charge in [0.25, 0.3) is 5.91 Å². The first kappa shape index (κ1) is 14.9. The number of carbonyl (C=O) groups excluding carboxylic acids is 1. The Bertz CT molecular complexity index is 755. The number of carbonyl (C=O) groups is 1. The molecule has 0 radical (unpaired) electrons. The summed E-state index contributed by atoms with van der Waals surface area (Å²) in [5, 5.41) is 9.90. The highest BCUT2D eigenvalue weighted by Crippen LogP contribution is 2.28. The second-order valence-corrected chi connectivity index (χ2v) is 5.71. The summed E-state index contributed by atoms with van der Waals surface area (Å²) >= 11 is 11.9. The van der Waals surface area contributed by atoms with Gasteiger partial charge in [-0.15, -0.1) is 0 Å². The first-order valence-corrected chi connectivity index (χ1v) is 7.38. The lowest BCUT2D eigenvalue weighted by Crippen LogP contribution is -2.29. The number of nitrogens with one attached hydrogen (secondary N) is 1. The molecule has 1 N–H and O–H groups in total. The molecule has 22 heavy (non-hydrogen) atoms. The van der Waals surface area contributed by atoms with Crippen LogP contribution < -0.4 is 10.3 Å². The number of aromatic nitrogens is 2. The number of amidine groups is 1. The molecule has 0 saturated heterocycles. The van der Waals surface area contributed by atoms with E-state index >= 15 is 0 Å². The molecule has 1 aromatic carbocycles. The van der Waals surface area contributed by atoms with Gasteiger partial charge in [0, 0.05) is 26.2 Å². The van der Waals surface area contributed by atoms with Gasteiger partial charge in [-0.25, -0.2) is 4.98 Å². The fourth-order valence-corrected chi connectivity index (χ4v) is 2.39. The van der Waals surface area contributed by atoms with Crippen LogP contribution in [0, 0.1) is 0 Å². The molecule has 8 heteroatoms. The van der Waals surface area contributed by atoms with Crippen molar-refractivity contribution >= 4 is 40.6 Å². The molecule has 2 heterocycles. The fraction of sp³-hybridized carbons (Fsp3) is 0.214. The lowest BCUT2D eigenvalue weighted by atomic mass is 10.3. The van der Waals surface area contributed by atoms with Gasteiger partial charge in [-0.2, -0.15) is 5.10 Å². The minimum Gasteiger partial charge on any atom is -0.340 e. The van der Waals surface area contributed by atoms with Gasteiger partial charge >= 0.3 is 0 Å². The van der Waals surface area contributed by atoms with Crippen LogP contribution in [0.2, 0.25) is 10.0 Å². The molecule has 1 aromatic heterocycles. The third-order valence-corrected chi connectivity index (χ3v) is 3.94. The van der Waals surface area contributed by atoms with Crippen molar-refractivity contribution in [2.45, 2.75) is 6.42 Å². The maximum atomic E-state index is 12.0. The molecule has 1 amide bonds. The van der Waals surface area contributed by atoms with E-state index in [2.05, 4.69) is 15.4 Å². The van der Waals surface area contributed by atoms with Gasteiger partial charge in [-0.1, -0.05) is 23.2 Å². The lowest BCUT2D eigenvalue weighted by Gasteiger charge is -2.13. The summed E-state index contributed by atoms with van der Waals surface area (Å²) in [6.45, 7) is 0.662. The Morgan fingerprint density at radius 3 is 2.82 bits per heavy atom. The predicted molar refractivity (Wildman–Crippen MR) is 86.5 cm³/mol. The zero-order valence-corrected chi connectivity index (χ0v) is 13.3. The van der Waals surface area contributed by atoms with Crippen molar-refractivity contribution in [2.24, 2.45) is 12.1 Å². The second-order valence-electron chi connectivity index (χ2n) is 4.90. The van der Waals surface area contributed by atoms with E-state index in [9.17, 15) is 4.79 Å². The van der Waals surface area contributed by atoms with E-state index in [1.165, 1.54) is 0 Å². The standard InChI is InChI=1S/C14H13Cl2N5O/c1-20-7-12(17-8-20)14(22)18-13-4-5-21(19-13)9-2-3-10(15)11(16)6-9/h2-3,6-8H,4-5H2,1H3,(H,18,19,22). The first-order valence-electron chi connectivity index (χ1n) is 6.62. The second kappa shape index (κ2) is 5.98. The highest BCUT2D eigenvalue weighted by Gasteiger charge is 2.19. The van der Waals surface area contributed by atoms with Crippen LogP contribution in [0.3, 0.4) is 0 Å². The Morgan fingerprint density at radius 2 is 2.14 bits per heavy atom. The number of rotatable bonds is 2. The molecular formula is C14H13Cl2N5O. The molecular weight excluding hydrogens is 325 g/mol. The highest BCUT2D eigenvalue weighted by atomic mass is 35.5. The van der Waals surface area contributed by atoms with Crippen LogP contribution >= 0.6 is 23.2 Å². The summed E-state index contributed by atoms with van der Waals surface area (Å²) in [6, 6.07) is 5.30. The molecule has 3 rings (SSSR count). The molecule has 0 bridgehead atoms. The first-order chi connectivity index (χ1) is 10.5. The Hall–Kier alpha value is -2.05. The normalized spacial score (nSPS) is 14.1. The van der Waals surface area contributed by atoms with Crippen molar-refractivity contribution in [1.29, 1.82) is 0 Å². The van der Waals surface area contributed by atoms with Crippen LogP contribution in [0.5, 0.6) is 0 Å². The number of hydrogen-bond donors (Lipinski definition) is 1. The van der Waals surface area contributed by atoms with Crippen molar-refractivity contribution in [1.82, 2.24) is 14.9 Å². The van der Waals surface area contributed by atoms with E-state index in [4.69, 9.17) is 23.2 Å². The molecule has 114 valence electrons. The van der Waals surface area contributed by atoms with Gasteiger partial charge in [-0.3, -0.25) is 9.80 Å². The van der Waals surface area contributed by atoms with E-state index in [1.54, 1.807) is 34.2 Å². The van der Waals surface area contributed by atoms with E-state index in [-0.39, 0.29) is 5.91 Å². The van der Waals surface area contributed by atoms with E-state index in [0.717, 1.165) is 5.69 Å². The minimum atomic E-state index is -0.268. The largest absolute Gasteiger partial charge is 0.340 e. The van der Waals surface area contributed by atoms with Crippen molar-refractivity contribution in [3.05, 3.63) is 46.5 Å². The number of hydrazone groups is 1. The summed E-state index contributed by atoms with van der Waals surface area (Å²) < 4.78 is 1.72. The van der Waals surface area contributed by atoms with E-state index < -0.39 is 0 Å². The van der Waals surface area contributed by atoms with Crippen LogP contribution in [-0.4, -0.2) is 27.8 Å². The Kier molecular flexibility index (Phi) is 4.04. The Labute approximate surface area is 137 Å². The SMILES string of the molecule is Cn1cnc(C(=O)NC2=NN(c3ccc(Cl)c(Cl)c3)CC2)c1. The van der Waals surface area contributed by atoms with Gasteiger partial charge in [0.1, 0.15) is 11.5 Å². The molecule has 2 aromatic rings. The van der Waals surface area contributed by atoms with Crippen molar-refractivity contribution in [3.8, 4) is 0 Å². The number of halogens is 2. The average Bonchev–Trinajstić information content (AvgIpc) is 3.11. The van der Waals surface area contributed by atoms with Gasteiger partial charge in [-0.05, 0) is 18.2 Å². The summed E-state index contributed by atoms with van der Waals surface area (Å²) in [5.74, 6) is 0.331. The van der Waals surface area contributed by atoms with Crippen LogP contribution in [0.4, 0.5) is 5.69 Å². The zero-order chi connectivity index (χ0) is 15.7. The third kappa shape index (κ3) is 3.08. The van der Waals surface area contributed by atoms with E-state index in [1.807, 2.05) is 13.1 Å². The lowest BCUT2D eigenvalue weighted by molar-refractivity contribution is 0.0972. The summed E-state index contributed by atoms with van der Waals surface area (Å²) in [6.07, 6.45) is 3.87.